The van der Waals surface area contributed by atoms with E-state index in [1.807, 2.05) is 18.2 Å². The molecule has 0 bridgehead atoms. The van der Waals surface area contributed by atoms with Crippen LogP contribution in [0.2, 0.25) is 0 Å². The van der Waals surface area contributed by atoms with Gasteiger partial charge in [0.05, 0.1) is 6.54 Å². The highest BCUT2D eigenvalue weighted by Gasteiger charge is 2.31. The third-order valence-electron chi connectivity index (χ3n) is 3.73. The van der Waals surface area contributed by atoms with E-state index in [4.69, 9.17) is 5.11 Å². The van der Waals surface area contributed by atoms with Gasteiger partial charge in [0.2, 0.25) is 0 Å². The summed E-state index contributed by atoms with van der Waals surface area (Å²) >= 11 is 0. The lowest BCUT2D eigenvalue weighted by Crippen LogP contribution is -2.49. The predicted octanol–water partition coefficient (Wildman–Crippen LogP) is 2.48. The molecular formula is C15H22N2O2. The summed E-state index contributed by atoms with van der Waals surface area (Å²) in [6.45, 7) is 0.729. The molecule has 1 aliphatic carbocycles. The van der Waals surface area contributed by atoms with Gasteiger partial charge in [0.25, 0.3) is 0 Å². The first-order valence-electron chi connectivity index (χ1n) is 6.96. The molecule has 4 heteroatoms. The summed E-state index contributed by atoms with van der Waals surface area (Å²) in [4.78, 5) is 10.6. The second-order valence-electron chi connectivity index (χ2n) is 5.33. The Morgan fingerprint density at radius 1 is 1.16 bits per heavy atom. The van der Waals surface area contributed by atoms with Crippen LogP contribution in [-0.2, 0) is 4.79 Å². The first-order valence-corrected chi connectivity index (χ1v) is 6.96. The number of aliphatic carboxylic acids is 1. The van der Waals surface area contributed by atoms with Gasteiger partial charge in [-0.3, -0.25) is 4.79 Å². The van der Waals surface area contributed by atoms with Gasteiger partial charge in [0.15, 0.2) is 0 Å². The Bertz CT molecular complexity index is 400. The van der Waals surface area contributed by atoms with Crippen molar-refractivity contribution < 1.29 is 9.90 Å². The zero-order valence-corrected chi connectivity index (χ0v) is 11.2. The molecule has 0 amide bonds. The Morgan fingerprint density at radius 3 is 2.47 bits per heavy atom. The van der Waals surface area contributed by atoms with E-state index in [-0.39, 0.29) is 12.1 Å². The maximum absolute atomic E-state index is 10.6. The summed E-state index contributed by atoms with van der Waals surface area (Å²) in [5, 5.41) is 15.4. The molecule has 0 aliphatic heterocycles. The van der Waals surface area contributed by atoms with E-state index in [2.05, 4.69) is 22.8 Å². The molecule has 4 nitrogen and oxygen atoms in total. The van der Waals surface area contributed by atoms with Gasteiger partial charge in [-0.1, -0.05) is 37.5 Å². The maximum Gasteiger partial charge on any atom is 0.317 e. The molecule has 2 rings (SSSR count). The molecule has 0 spiro atoms. The van der Waals surface area contributed by atoms with E-state index in [0.29, 0.717) is 6.54 Å². The number of anilines is 1. The average Bonchev–Trinajstić information content (AvgIpc) is 2.40. The fourth-order valence-corrected chi connectivity index (χ4v) is 2.81. The largest absolute Gasteiger partial charge is 0.480 e. The normalized spacial score (nSPS) is 17.9. The van der Waals surface area contributed by atoms with Crippen molar-refractivity contribution in [1.82, 2.24) is 5.32 Å². The lowest BCUT2D eigenvalue weighted by molar-refractivity contribution is -0.136. The minimum absolute atomic E-state index is 0.00491. The molecule has 0 atom stereocenters. The highest BCUT2D eigenvalue weighted by molar-refractivity contribution is 5.69. The van der Waals surface area contributed by atoms with Crippen LogP contribution in [0.5, 0.6) is 0 Å². The van der Waals surface area contributed by atoms with Crippen molar-refractivity contribution in [3.63, 3.8) is 0 Å². The molecule has 0 radical (unpaired) electrons. The fourth-order valence-electron chi connectivity index (χ4n) is 2.81. The van der Waals surface area contributed by atoms with Crippen LogP contribution >= 0.6 is 0 Å². The van der Waals surface area contributed by atoms with Crippen molar-refractivity contribution in [2.24, 2.45) is 0 Å². The second kappa shape index (κ2) is 6.57. The Labute approximate surface area is 114 Å². The van der Waals surface area contributed by atoms with Gasteiger partial charge in [-0.15, -0.1) is 0 Å². The Balaban J connectivity index is 1.99. The molecular weight excluding hydrogens is 240 g/mol. The van der Waals surface area contributed by atoms with Crippen LogP contribution in [0, 0.1) is 0 Å². The van der Waals surface area contributed by atoms with Gasteiger partial charge in [0, 0.05) is 17.8 Å². The molecule has 1 saturated carbocycles. The Kier molecular flexibility index (Phi) is 4.80. The summed E-state index contributed by atoms with van der Waals surface area (Å²) in [5.74, 6) is -0.800. The number of carboxylic acid groups (broad SMARTS) is 1. The zero-order chi connectivity index (χ0) is 13.6. The van der Waals surface area contributed by atoms with Gasteiger partial charge in [-0.2, -0.15) is 0 Å². The lowest BCUT2D eigenvalue weighted by Gasteiger charge is -2.39. The first-order chi connectivity index (χ1) is 9.20. The number of rotatable bonds is 6. The van der Waals surface area contributed by atoms with Crippen LogP contribution in [-0.4, -0.2) is 29.7 Å². The third kappa shape index (κ3) is 4.24. The van der Waals surface area contributed by atoms with E-state index in [0.717, 1.165) is 18.5 Å². The van der Waals surface area contributed by atoms with E-state index in [9.17, 15) is 4.79 Å². The quantitative estimate of drug-likeness (QED) is 0.737. The van der Waals surface area contributed by atoms with Gasteiger partial charge >= 0.3 is 5.97 Å². The summed E-state index contributed by atoms with van der Waals surface area (Å²) in [7, 11) is 0. The van der Waals surface area contributed by atoms with Crippen LogP contribution in [0.15, 0.2) is 30.3 Å². The van der Waals surface area contributed by atoms with Crippen LogP contribution in [0.4, 0.5) is 5.69 Å². The van der Waals surface area contributed by atoms with Gasteiger partial charge in [-0.25, -0.2) is 0 Å². The minimum Gasteiger partial charge on any atom is -0.480 e. The number of carboxylic acids is 1. The summed E-state index contributed by atoms with van der Waals surface area (Å²) in [6, 6.07) is 10.2. The van der Waals surface area contributed by atoms with E-state index in [1.54, 1.807) is 0 Å². The van der Waals surface area contributed by atoms with Crippen LogP contribution in [0.3, 0.4) is 0 Å². The van der Waals surface area contributed by atoms with Crippen LogP contribution in [0.1, 0.15) is 32.1 Å². The molecule has 0 heterocycles. The number of hydrogen-bond donors (Lipinski definition) is 3. The van der Waals surface area contributed by atoms with Crippen molar-refractivity contribution in [3.8, 4) is 0 Å². The van der Waals surface area contributed by atoms with E-state index >= 15 is 0 Å². The SMILES string of the molecule is O=C(O)CNCC1(Nc2ccccc2)CCCCC1. The zero-order valence-electron chi connectivity index (χ0n) is 11.2. The number of para-hydroxylation sites is 1. The molecule has 1 aliphatic rings. The van der Waals surface area contributed by atoms with Crippen molar-refractivity contribution in [2.75, 3.05) is 18.4 Å². The van der Waals surface area contributed by atoms with Gasteiger partial charge < -0.3 is 15.7 Å². The topological polar surface area (TPSA) is 61.4 Å². The Morgan fingerprint density at radius 2 is 1.84 bits per heavy atom. The number of carbonyl (C=O) groups is 1. The van der Waals surface area contributed by atoms with Crippen molar-refractivity contribution in [2.45, 2.75) is 37.6 Å². The van der Waals surface area contributed by atoms with Gasteiger partial charge in [0.1, 0.15) is 0 Å². The molecule has 1 aromatic rings. The molecule has 3 N–H and O–H groups in total. The van der Waals surface area contributed by atoms with Crippen molar-refractivity contribution >= 4 is 11.7 Å². The van der Waals surface area contributed by atoms with E-state index in [1.165, 1.54) is 19.3 Å². The smallest absolute Gasteiger partial charge is 0.317 e. The average molecular weight is 262 g/mol. The molecule has 1 aromatic carbocycles. The Hall–Kier alpha value is -1.55. The number of hydrogen-bond acceptors (Lipinski definition) is 3. The summed E-state index contributed by atoms with van der Waals surface area (Å²) < 4.78 is 0. The first kappa shape index (κ1) is 13.9. The molecule has 19 heavy (non-hydrogen) atoms. The molecule has 104 valence electrons. The maximum atomic E-state index is 10.6. The standard InChI is InChI=1S/C15H22N2O2/c18-14(19)11-16-12-15(9-5-2-6-10-15)17-13-7-3-1-4-8-13/h1,3-4,7-8,16-17H,2,5-6,9-12H2,(H,18,19). The highest BCUT2D eigenvalue weighted by atomic mass is 16.4. The fraction of sp³-hybridized carbons (Fsp3) is 0.533. The number of benzene rings is 1. The van der Waals surface area contributed by atoms with E-state index < -0.39 is 5.97 Å². The lowest BCUT2D eigenvalue weighted by atomic mass is 9.81. The van der Waals surface area contributed by atoms with Gasteiger partial charge in [-0.05, 0) is 25.0 Å². The summed E-state index contributed by atoms with van der Waals surface area (Å²) in [6.07, 6.45) is 5.86. The van der Waals surface area contributed by atoms with Crippen molar-refractivity contribution in [3.05, 3.63) is 30.3 Å². The molecule has 0 aromatic heterocycles. The minimum atomic E-state index is -0.800. The molecule has 0 saturated heterocycles. The van der Waals surface area contributed by atoms with Crippen LogP contribution < -0.4 is 10.6 Å². The predicted molar refractivity (Wildman–Crippen MR) is 76.4 cm³/mol. The molecule has 1 fully saturated rings. The second-order valence-corrected chi connectivity index (χ2v) is 5.33. The highest BCUT2D eigenvalue weighted by Crippen LogP contribution is 2.31. The molecule has 0 unspecified atom stereocenters. The third-order valence-corrected chi connectivity index (χ3v) is 3.73. The summed E-state index contributed by atoms with van der Waals surface area (Å²) in [5.41, 5.74) is 1.11. The monoisotopic (exact) mass is 262 g/mol. The van der Waals surface area contributed by atoms with Crippen molar-refractivity contribution in [1.29, 1.82) is 0 Å². The number of nitrogens with one attached hydrogen (secondary N) is 2. The van der Waals surface area contributed by atoms with Crippen LogP contribution in [0.25, 0.3) is 0 Å².